The second-order valence-electron chi connectivity index (χ2n) is 7.48. The molecular formula is C20H27FN4O2. The first-order valence-corrected chi connectivity index (χ1v) is 9.81. The minimum absolute atomic E-state index is 0.0724. The predicted octanol–water partition coefficient (Wildman–Crippen LogP) is 2.70. The molecule has 2 N–H and O–H groups in total. The SMILES string of the molecule is O=C(NCc1cc2cc(F)ccc2[nH]1)N1CCCOC(CN2CCCC2)C1. The molecule has 7 heteroatoms. The first kappa shape index (κ1) is 18.3. The van der Waals surface area contributed by atoms with Gasteiger partial charge in [-0.25, -0.2) is 9.18 Å². The van der Waals surface area contributed by atoms with Gasteiger partial charge in [0.2, 0.25) is 0 Å². The molecule has 146 valence electrons. The van der Waals surface area contributed by atoms with Crippen molar-refractivity contribution >= 4 is 16.9 Å². The highest BCUT2D eigenvalue weighted by Crippen LogP contribution is 2.17. The molecule has 3 heterocycles. The van der Waals surface area contributed by atoms with E-state index in [0.717, 1.165) is 42.7 Å². The fourth-order valence-corrected chi connectivity index (χ4v) is 3.98. The zero-order valence-electron chi connectivity index (χ0n) is 15.5. The molecule has 1 unspecified atom stereocenters. The third-order valence-electron chi connectivity index (χ3n) is 5.37. The highest BCUT2D eigenvalue weighted by molar-refractivity contribution is 5.80. The van der Waals surface area contributed by atoms with E-state index >= 15 is 0 Å². The van der Waals surface area contributed by atoms with Gasteiger partial charge in [0.25, 0.3) is 0 Å². The molecule has 4 rings (SSSR count). The number of hydrogen-bond acceptors (Lipinski definition) is 3. The van der Waals surface area contributed by atoms with Gasteiger partial charge in [-0.1, -0.05) is 0 Å². The number of nitrogens with zero attached hydrogens (tertiary/aromatic N) is 2. The number of amides is 2. The van der Waals surface area contributed by atoms with Crippen molar-refractivity contribution in [3.05, 3.63) is 35.8 Å². The molecule has 1 aromatic carbocycles. The van der Waals surface area contributed by atoms with E-state index in [1.165, 1.54) is 25.0 Å². The van der Waals surface area contributed by atoms with E-state index in [9.17, 15) is 9.18 Å². The summed E-state index contributed by atoms with van der Waals surface area (Å²) in [5.41, 5.74) is 1.73. The number of likely N-dealkylation sites (tertiary alicyclic amines) is 1. The highest BCUT2D eigenvalue weighted by Gasteiger charge is 2.25. The van der Waals surface area contributed by atoms with Crippen LogP contribution in [0.15, 0.2) is 24.3 Å². The molecule has 0 radical (unpaired) electrons. The Hall–Kier alpha value is -2.12. The van der Waals surface area contributed by atoms with Crippen molar-refractivity contribution in [1.82, 2.24) is 20.1 Å². The normalized spacial score (nSPS) is 21.5. The van der Waals surface area contributed by atoms with Crippen molar-refractivity contribution in [2.45, 2.75) is 31.9 Å². The molecule has 0 saturated carbocycles. The number of nitrogens with one attached hydrogen (secondary N) is 2. The Balaban J connectivity index is 1.33. The molecule has 0 spiro atoms. The van der Waals surface area contributed by atoms with Crippen LogP contribution in [0.4, 0.5) is 9.18 Å². The quantitative estimate of drug-likeness (QED) is 0.865. The number of hydrogen-bond donors (Lipinski definition) is 2. The van der Waals surface area contributed by atoms with Crippen molar-refractivity contribution < 1.29 is 13.9 Å². The van der Waals surface area contributed by atoms with E-state index in [4.69, 9.17) is 4.74 Å². The standard InChI is InChI=1S/C20H27FN4O2/c21-16-4-5-19-15(10-16)11-17(23-19)12-22-20(26)25-8-3-9-27-18(14-25)13-24-6-1-2-7-24/h4-5,10-11,18,23H,1-3,6-9,12-14H2,(H,22,26). The number of rotatable bonds is 4. The molecule has 2 saturated heterocycles. The first-order chi connectivity index (χ1) is 13.2. The molecule has 2 aromatic rings. The van der Waals surface area contributed by atoms with E-state index < -0.39 is 0 Å². The van der Waals surface area contributed by atoms with E-state index in [0.29, 0.717) is 26.2 Å². The average molecular weight is 374 g/mol. The van der Waals surface area contributed by atoms with Gasteiger partial charge in [-0.2, -0.15) is 0 Å². The Labute approximate surface area is 158 Å². The summed E-state index contributed by atoms with van der Waals surface area (Å²) in [5.74, 6) is -0.259. The average Bonchev–Trinajstić information content (AvgIpc) is 3.24. The van der Waals surface area contributed by atoms with Gasteiger partial charge in [-0.3, -0.25) is 0 Å². The van der Waals surface area contributed by atoms with Crippen LogP contribution in [0.25, 0.3) is 10.9 Å². The number of H-pyrrole nitrogens is 1. The maximum absolute atomic E-state index is 13.3. The van der Waals surface area contributed by atoms with Gasteiger partial charge in [0.15, 0.2) is 0 Å². The van der Waals surface area contributed by atoms with Crippen LogP contribution in [0.5, 0.6) is 0 Å². The molecule has 0 aliphatic carbocycles. The number of fused-ring (bicyclic) bond motifs is 1. The molecule has 2 aliphatic heterocycles. The fourth-order valence-electron chi connectivity index (χ4n) is 3.98. The largest absolute Gasteiger partial charge is 0.375 e. The lowest BCUT2D eigenvalue weighted by molar-refractivity contribution is 0.0349. The van der Waals surface area contributed by atoms with Crippen LogP contribution in [-0.4, -0.2) is 66.2 Å². The third-order valence-corrected chi connectivity index (χ3v) is 5.37. The summed E-state index contributed by atoms with van der Waals surface area (Å²) >= 11 is 0. The van der Waals surface area contributed by atoms with E-state index in [-0.39, 0.29) is 18.0 Å². The maximum Gasteiger partial charge on any atom is 0.317 e. The van der Waals surface area contributed by atoms with E-state index in [1.54, 1.807) is 6.07 Å². The fraction of sp³-hybridized carbons (Fsp3) is 0.550. The Morgan fingerprint density at radius 3 is 2.93 bits per heavy atom. The smallest absolute Gasteiger partial charge is 0.317 e. The van der Waals surface area contributed by atoms with Crippen LogP contribution < -0.4 is 5.32 Å². The summed E-state index contributed by atoms with van der Waals surface area (Å²) in [6.45, 7) is 5.59. The highest BCUT2D eigenvalue weighted by atomic mass is 19.1. The lowest BCUT2D eigenvalue weighted by atomic mass is 10.2. The zero-order chi connectivity index (χ0) is 18.6. The van der Waals surface area contributed by atoms with Crippen LogP contribution in [0.3, 0.4) is 0 Å². The molecule has 2 amide bonds. The number of carbonyl (C=O) groups excluding carboxylic acids is 1. The van der Waals surface area contributed by atoms with Gasteiger partial charge < -0.3 is 24.8 Å². The maximum atomic E-state index is 13.3. The number of aromatic amines is 1. The second kappa shape index (κ2) is 8.27. The van der Waals surface area contributed by atoms with Crippen molar-refractivity contribution in [1.29, 1.82) is 0 Å². The number of urea groups is 1. The van der Waals surface area contributed by atoms with Crippen LogP contribution in [0.1, 0.15) is 25.0 Å². The van der Waals surface area contributed by atoms with Crippen LogP contribution in [0, 0.1) is 5.82 Å². The Morgan fingerprint density at radius 1 is 1.22 bits per heavy atom. The monoisotopic (exact) mass is 374 g/mol. The van der Waals surface area contributed by atoms with Gasteiger partial charge in [-0.05, 0) is 56.6 Å². The topological polar surface area (TPSA) is 60.6 Å². The molecule has 1 atom stereocenters. The summed E-state index contributed by atoms with van der Waals surface area (Å²) in [6.07, 6.45) is 3.44. The van der Waals surface area contributed by atoms with Gasteiger partial charge >= 0.3 is 6.03 Å². The summed E-state index contributed by atoms with van der Waals surface area (Å²) in [4.78, 5) is 20.2. The van der Waals surface area contributed by atoms with Crippen LogP contribution in [-0.2, 0) is 11.3 Å². The molecule has 0 bridgehead atoms. The number of benzene rings is 1. The summed E-state index contributed by atoms with van der Waals surface area (Å²) < 4.78 is 19.3. The summed E-state index contributed by atoms with van der Waals surface area (Å²) in [7, 11) is 0. The van der Waals surface area contributed by atoms with Gasteiger partial charge in [0.1, 0.15) is 5.82 Å². The van der Waals surface area contributed by atoms with Crippen molar-refractivity contribution in [3.63, 3.8) is 0 Å². The Kier molecular flexibility index (Phi) is 5.59. The number of halogens is 1. The number of aromatic nitrogens is 1. The number of ether oxygens (including phenoxy) is 1. The van der Waals surface area contributed by atoms with Gasteiger partial charge in [0, 0.05) is 42.8 Å². The lowest BCUT2D eigenvalue weighted by Gasteiger charge is -2.27. The number of carbonyl (C=O) groups is 1. The minimum Gasteiger partial charge on any atom is -0.375 e. The molecule has 2 aliphatic rings. The van der Waals surface area contributed by atoms with Crippen LogP contribution in [0.2, 0.25) is 0 Å². The molecule has 27 heavy (non-hydrogen) atoms. The summed E-state index contributed by atoms with van der Waals surface area (Å²) in [5, 5.41) is 3.79. The third kappa shape index (κ3) is 4.59. The first-order valence-electron chi connectivity index (χ1n) is 9.81. The lowest BCUT2D eigenvalue weighted by Crippen LogP contribution is -2.45. The Bertz CT molecular complexity index is 787. The summed E-state index contributed by atoms with van der Waals surface area (Å²) in [6, 6.07) is 6.44. The van der Waals surface area contributed by atoms with E-state index in [1.807, 2.05) is 11.0 Å². The van der Waals surface area contributed by atoms with Crippen molar-refractivity contribution in [3.8, 4) is 0 Å². The Morgan fingerprint density at radius 2 is 2.07 bits per heavy atom. The minimum atomic E-state index is -0.259. The molecule has 2 fully saturated rings. The van der Waals surface area contributed by atoms with Crippen LogP contribution >= 0.6 is 0 Å². The van der Waals surface area contributed by atoms with Crippen molar-refractivity contribution in [2.75, 3.05) is 39.3 Å². The molecular weight excluding hydrogens is 347 g/mol. The van der Waals surface area contributed by atoms with Crippen molar-refractivity contribution in [2.24, 2.45) is 0 Å². The van der Waals surface area contributed by atoms with Gasteiger partial charge in [0.05, 0.1) is 12.6 Å². The second-order valence-corrected chi connectivity index (χ2v) is 7.48. The molecule has 1 aromatic heterocycles. The zero-order valence-corrected chi connectivity index (χ0v) is 15.5. The molecule has 6 nitrogen and oxygen atoms in total. The van der Waals surface area contributed by atoms with E-state index in [2.05, 4.69) is 15.2 Å². The predicted molar refractivity (Wildman–Crippen MR) is 102 cm³/mol. The van der Waals surface area contributed by atoms with Gasteiger partial charge in [-0.15, -0.1) is 0 Å².